The highest BCUT2D eigenvalue weighted by Gasteiger charge is 2.03. The van der Waals surface area contributed by atoms with Crippen LogP contribution in [0.5, 0.6) is 5.75 Å². The van der Waals surface area contributed by atoms with Crippen molar-refractivity contribution in [1.82, 2.24) is 5.32 Å². The van der Waals surface area contributed by atoms with Gasteiger partial charge in [-0.15, -0.1) is 0 Å². The first-order valence-electron chi connectivity index (χ1n) is 5.51. The van der Waals surface area contributed by atoms with Gasteiger partial charge in [-0.3, -0.25) is 9.52 Å². The molecule has 1 aromatic carbocycles. The molecule has 0 atom stereocenters. The van der Waals surface area contributed by atoms with E-state index in [-0.39, 0.29) is 12.5 Å². The van der Waals surface area contributed by atoms with Crippen LogP contribution in [0.25, 0.3) is 0 Å². The highest BCUT2D eigenvalue weighted by atomic mass is 32.2. The molecule has 0 bridgehead atoms. The summed E-state index contributed by atoms with van der Waals surface area (Å²) in [4.78, 5) is 10.9. The van der Waals surface area contributed by atoms with Crippen LogP contribution in [0.15, 0.2) is 36.9 Å². The summed E-state index contributed by atoms with van der Waals surface area (Å²) < 4.78 is 29.9. The third-order valence-electron chi connectivity index (χ3n) is 1.99. The Morgan fingerprint density at radius 1 is 1.47 bits per heavy atom. The van der Waals surface area contributed by atoms with Gasteiger partial charge in [0.25, 0.3) is 0 Å². The molecule has 19 heavy (non-hydrogen) atoms. The molecule has 0 saturated carbocycles. The van der Waals surface area contributed by atoms with E-state index in [0.29, 0.717) is 18.0 Å². The molecule has 6 nitrogen and oxygen atoms in total. The van der Waals surface area contributed by atoms with Gasteiger partial charge < -0.3 is 10.1 Å². The Kier molecular flexibility index (Phi) is 5.37. The molecule has 0 heterocycles. The van der Waals surface area contributed by atoms with Crippen LogP contribution < -0.4 is 14.8 Å². The normalized spacial score (nSPS) is 10.6. The molecular formula is C12H16N2O4S. The second-order valence-corrected chi connectivity index (χ2v) is 5.49. The first kappa shape index (κ1) is 15.0. The molecule has 1 amide bonds. The summed E-state index contributed by atoms with van der Waals surface area (Å²) in [5, 5.41) is 2.56. The summed E-state index contributed by atoms with van der Waals surface area (Å²) in [5.74, 6) is 0.248. The van der Waals surface area contributed by atoms with Gasteiger partial charge in [-0.2, -0.15) is 0 Å². The first-order valence-corrected chi connectivity index (χ1v) is 7.41. The lowest BCUT2D eigenvalue weighted by Crippen LogP contribution is -2.26. The number of hydrogen-bond donors (Lipinski definition) is 2. The third kappa shape index (κ3) is 6.46. The molecule has 0 aliphatic rings. The van der Waals surface area contributed by atoms with Gasteiger partial charge in [-0.25, -0.2) is 8.42 Å². The molecule has 0 saturated heterocycles. The first-order chi connectivity index (χ1) is 8.90. The van der Waals surface area contributed by atoms with Crippen LogP contribution in [0.4, 0.5) is 5.69 Å². The fourth-order valence-electron chi connectivity index (χ4n) is 1.28. The maximum Gasteiger partial charge on any atom is 0.243 e. The summed E-state index contributed by atoms with van der Waals surface area (Å²) in [7, 11) is -3.31. The van der Waals surface area contributed by atoms with Crippen LogP contribution in [0.2, 0.25) is 0 Å². The quantitative estimate of drug-likeness (QED) is 0.571. The van der Waals surface area contributed by atoms with Crippen molar-refractivity contribution >= 4 is 21.6 Å². The average Bonchev–Trinajstić information content (AvgIpc) is 2.32. The molecule has 7 heteroatoms. The minimum atomic E-state index is -3.31. The van der Waals surface area contributed by atoms with Crippen LogP contribution >= 0.6 is 0 Å². The van der Waals surface area contributed by atoms with E-state index in [0.717, 1.165) is 6.26 Å². The molecule has 2 N–H and O–H groups in total. The lowest BCUT2D eigenvalue weighted by Gasteiger charge is -2.09. The van der Waals surface area contributed by atoms with E-state index in [1.165, 1.54) is 6.08 Å². The molecule has 104 valence electrons. The molecule has 0 radical (unpaired) electrons. The van der Waals surface area contributed by atoms with Gasteiger partial charge in [0, 0.05) is 6.07 Å². The van der Waals surface area contributed by atoms with Crippen molar-refractivity contribution < 1.29 is 17.9 Å². The third-order valence-corrected chi connectivity index (χ3v) is 2.60. The van der Waals surface area contributed by atoms with Gasteiger partial charge in [0.2, 0.25) is 15.9 Å². The maximum absolute atomic E-state index is 11.1. The molecule has 0 spiro atoms. The van der Waals surface area contributed by atoms with Crippen LogP contribution in [0, 0.1) is 0 Å². The highest BCUT2D eigenvalue weighted by Crippen LogP contribution is 2.17. The van der Waals surface area contributed by atoms with Crippen molar-refractivity contribution in [3.05, 3.63) is 36.9 Å². The summed E-state index contributed by atoms with van der Waals surface area (Å²) >= 11 is 0. The van der Waals surface area contributed by atoms with E-state index in [2.05, 4.69) is 16.6 Å². The molecular weight excluding hydrogens is 268 g/mol. The topological polar surface area (TPSA) is 84.5 Å². The molecule has 1 aromatic rings. The Bertz CT molecular complexity index is 555. The van der Waals surface area contributed by atoms with Crippen molar-refractivity contribution in [2.24, 2.45) is 0 Å². The number of carbonyl (C=O) groups excluding carboxylic acids is 1. The number of anilines is 1. The number of benzene rings is 1. The number of rotatable bonds is 7. The molecule has 0 unspecified atom stereocenters. The lowest BCUT2D eigenvalue weighted by molar-refractivity contribution is -0.116. The molecule has 0 fully saturated rings. The number of nitrogens with one attached hydrogen (secondary N) is 2. The van der Waals surface area contributed by atoms with Crippen LogP contribution in [0.1, 0.15) is 0 Å². The molecule has 1 rings (SSSR count). The summed E-state index contributed by atoms with van der Waals surface area (Å²) in [6.45, 7) is 3.95. The second kappa shape index (κ2) is 6.79. The van der Waals surface area contributed by atoms with Gasteiger partial charge in [0.1, 0.15) is 12.4 Å². The fraction of sp³-hybridized carbons (Fsp3) is 0.250. The monoisotopic (exact) mass is 284 g/mol. The number of sulfonamides is 1. The standard InChI is InChI=1S/C12H16N2O4S/c1-3-12(15)13-7-8-18-11-6-4-5-10(9-11)14-19(2,16)17/h3-6,9,14H,1,7-8H2,2H3,(H,13,15). The Hall–Kier alpha value is -2.02. The number of ether oxygens (including phenoxy) is 1. The Balaban J connectivity index is 2.49. The average molecular weight is 284 g/mol. The van der Waals surface area contributed by atoms with Gasteiger partial charge in [-0.1, -0.05) is 12.6 Å². The predicted molar refractivity (Wildman–Crippen MR) is 73.6 cm³/mol. The summed E-state index contributed by atoms with van der Waals surface area (Å²) in [6.07, 6.45) is 2.25. The highest BCUT2D eigenvalue weighted by molar-refractivity contribution is 7.92. The maximum atomic E-state index is 11.1. The molecule has 0 aliphatic carbocycles. The lowest BCUT2D eigenvalue weighted by atomic mass is 10.3. The van der Waals surface area contributed by atoms with Gasteiger partial charge in [-0.05, 0) is 18.2 Å². The molecule has 0 aromatic heterocycles. The van der Waals surface area contributed by atoms with Crippen molar-refractivity contribution in [3.8, 4) is 5.75 Å². The van der Waals surface area contributed by atoms with E-state index in [1.807, 2.05) is 0 Å². The summed E-state index contributed by atoms with van der Waals surface area (Å²) in [5.41, 5.74) is 0.426. The SMILES string of the molecule is C=CC(=O)NCCOc1cccc(NS(C)(=O)=O)c1. The van der Waals surface area contributed by atoms with Crippen LogP contribution in [-0.2, 0) is 14.8 Å². The van der Waals surface area contributed by atoms with Gasteiger partial charge >= 0.3 is 0 Å². The largest absolute Gasteiger partial charge is 0.492 e. The van der Waals surface area contributed by atoms with E-state index < -0.39 is 10.0 Å². The minimum Gasteiger partial charge on any atom is -0.492 e. The van der Waals surface area contributed by atoms with E-state index in [1.54, 1.807) is 24.3 Å². The predicted octanol–water partition coefficient (Wildman–Crippen LogP) is 0.739. The number of carbonyl (C=O) groups is 1. The Morgan fingerprint density at radius 2 is 2.21 bits per heavy atom. The van der Waals surface area contributed by atoms with Crippen molar-refractivity contribution in [3.63, 3.8) is 0 Å². The van der Waals surface area contributed by atoms with Crippen molar-refractivity contribution in [1.29, 1.82) is 0 Å². The summed E-state index contributed by atoms with van der Waals surface area (Å²) in [6, 6.07) is 6.55. The minimum absolute atomic E-state index is 0.268. The van der Waals surface area contributed by atoms with E-state index >= 15 is 0 Å². The Morgan fingerprint density at radius 3 is 2.84 bits per heavy atom. The van der Waals surface area contributed by atoms with Gasteiger partial charge in [0.15, 0.2) is 0 Å². The fourth-order valence-corrected chi connectivity index (χ4v) is 1.83. The van der Waals surface area contributed by atoms with E-state index in [9.17, 15) is 13.2 Å². The Labute approximate surface area is 112 Å². The van der Waals surface area contributed by atoms with Gasteiger partial charge in [0.05, 0.1) is 18.5 Å². The van der Waals surface area contributed by atoms with Crippen LogP contribution in [-0.4, -0.2) is 33.7 Å². The molecule has 0 aliphatic heterocycles. The smallest absolute Gasteiger partial charge is 0.243 e. The van der Waals surface area contributed by atoms with Crippen molar-refractivity contribution in [2.45, 2.75) is 0 Å². The zero-order chi connectivity index (χ0) is 14.3. The van der Waals surface area contributed by atoms with Crippen molar-refractivity contribution in [2.75, 3.05) is 24.1 Å². The number of hydrogen-bond acceptors (Lipinski definition) is 4. The van der Waals surface area contributed by atoms with E-state index in [4.69, 9.17) is 4.74 Å². The zero-order valence-electron chi connectivity index (χ0n) is 10.5. The number of amides is 1. The second-order valence-electron chi connectivity index (χ2n) is 3.75. The van der Waals surface area contributed by atoms with Crippen LogP contribution in [0.3, 0.4) is 0 Å². The zero-order valence-corrected chi connectivity index (χ0v) is 11.4.